The van der Waals surface area contributed by atoms with Gasteiger partial charge in [0.25, 0.3) is 11.6 Å². The first-order chi connectivity index (χ1) is 11.4. The first kappa shape index (κ1) is 18.4. The second-order valence-electron chi connectivity index (χ2n) is 5.90. The monoisotopic (exact) mass is 353 g/mol. The summed E-state index contributed by atoms with van der Waals surface area (Å²) in [6, 6.07) is 4.51. The molecule has 0 spiro atoms. The number of hydrogen-bond acceptors (Lipinski definition) is 5. The molecule has 1 unspecified atom stereocenters. The third-order valence-corrected chi connectivity index (χ3v) is 7.03. The van der Waals surface area contributed by atoms with Crippen molar-refractivity contribution in [1.82, 2.24) is 5.32 Å². The first-order valence-corrected chi connectivity index (χ1v) is 9.34. The lowest BCUT2D eigenvalue weighted by Gasteiger charge is -2.42. The number of nitro benzene ring substituents is 1. The Hall–Kier alpha value is -1.96. The molecule has 1 atom stereocenters. The highest BCUT2D eigenvalue weighted by atomic mass is 32.2. The molecule has 1 amide bonds. The molecule has 1 saturated heterocycles. The van der Waals surface area contributed by atoms with Gasteiger partial charge in [0.2, 0.25) is 0 Å². The topological polar surface area (TPSA) is 92.6 Å². The van der Waals surface area contributed by atoms with E-state index in [1.807, 2.05) is 18.7 Å². The van der Waals surface area contributed by atoms with Gasteiger partial charge < -0.3 is 10.2 Å². The minimum Gasteiger partial charge on any atom is -0.364 e. The van der Waals surface area contributed by atoms with Gasteiger partial charge in [-0.3, -0.25) is 19.1 Å². The first-order valence-electron chi connectivity index (χ1n) is 8.02. The zero-order valence-corrected chi connectivity index (χ0v) is 15.0. The molecule has 0 bridgehead atoms. The molecule has 0 aromatic heterocycles. The van der Waals surface area contributed by atoms with Crippen LogP contribution < -0.4 is 10.2 Å². The summed E-state index contributed by atoms with van der Waals surface area (Å²) < 4.78 is 12.1. The Bertz CT molecular complexity index is 673. The van der Waals surface area contributed by atoms with Crippen LogP contribution in [0.2, 0.25) is 0 Å². The number of carbonyl (C=O) groups is 1. The summed E-state index contributed by atoms with van der Waals surface area (Å²) in [7, 11) is 0.548. The zero-order valence-electron chi connectivity index (χ0n) is 14.2. The van der Waals surface area contributed by atoms with E-state index in [4.69, 9.17) is 0 Å². The van der Waals surface area contributed by atoms with E-state index in [0.29, 0.717) is 24.5 Å². The van der Waals surface area contributed by atoms with Crippen molar-refractivity contribution in [1.29, 1.82) is 0 Å². The fourth-order valence-corrected chi connectivity index (χ4v) is 4.90. The standard InChI is InChI=1S/C16H23N3O4S/c1-4-16(5-2)11-18(8-9-24(16)23)13-7-6-12(15(20)17-3)10-14(13)19(21)22/h6-7,10H,4-5,8-9,11H2,1-3H3,(H,17,20). The summed E-state index contributed by atoms with van der Waals surface area (Å²) in [6.45, 7) is 5.04. The summed E-state index contributed by atoms with van der Waals surface area (Å²) in [4.78, 5) is 24.7. The van der Waals surface area contributed by atoms with E-state index < -0.39 is 15.7 Å². The van der Waals surface area contributed by atoms with Gasteiger partial charge in [0.1, 0.15) is 5.69 Å². The maximum atomic E-state index is 12.5. The van der Waals surface area contributed by atoms with Crippen LogP contribution >= 0.6 is 0 Å². The van der Waals surface area contributed by atoms with Crippen LogP contribution in [-0.2, 0) is 10.8 Å². The van der Waals surface area contributed by atoms with E-state index in [-0.39, 0.29) is 21.9 Å². The summed E-state index contributed by atoms with van der Waals surface area (Å²) in [6.07, 6.45) is 1.52. The van der Waals surface area contributed by atoms with Crippen LogP contribution in [-0.4, -0.2) is 45.7 Å². The highest BCUT2D eigenvalue weighted by molar-refractivity contribution is 7.86. The van der Waals surface area contributed by atoms with E-state index in [0.717, 1.165) is 12.8 Å². The fraction of sp³-hybridized carbons (Fsp3) is 0.562. The van der Waals surface area contributed by atoms with Crippen LogP contribution in [0.1, 0.15) is 37.0 Å². The summed E-state index contributed by atoms with van der Waals surface area (Å²) in [5.74, 6) is 0.136. The van der Waals surface area contributed by atoms with E-state index >= 15 is 0 Å². The van der Waals surface area contributed by atoms with Crippen LogP contribution in [0.3, 0.4) is 0 Å². The largest absolute Gasteiger partial charge is 0.364 e. The number of hydrogen-bond donors (Lipinski definition) is 1. The SMILES string of the molecule is CCC1(CC)CN(c2ccc(C(=O)NC)cc2[N+](=O)[O-])CCS1=O. The van der Waals surface area contributed by atoms with Crippen molar-refractivity contribution in [3.63, 3.8) is 0 Å². The molecule has 8 heteroatoms. The van der Waals surface area contributed by atoms with Gasteiger partial charge in [0.05, 0.1) is 9.67 Å². The Balaban J connectivity index is 2.42. The number of amides is 1. The number of carbonyl (C=O) groups excluding carboxylic acids is 1. The second-order valence-corrected chi connectivity index (χ2v) is 7.87. The van der Waals surface area contributed by atoms with Crippen LogP contribution in [0.15, 0.2) is 18.2 Å². The zero-order chi connectivity index (χ0) is 17.9. The molecule has 1 aromatic rings. The van der Waals surface area contributed by atoms with E-state index in [9.17, 15) is 19.1 Å². The van der Waals surface area contributed by atoms with Crippen molar-refractivity contribution in [3.05, 3.63) is 33.9 Å². The van der Waals surface area contributed by atoms with Gasteiger partial charge in [-0.1, -0.05) is 13.8 Å². The van der Waals surface area contributed by atoms with Gasteiger partial charge in [-0.15, -0.1) is 0 Å². The normalized spacial score (nSPS) is 19.8. The van der Waals surface area contributed by atoms with Crippen molar-refractivity contribution < 1.29 is 13.9 Å². The molecule has 7 nitrogen and oxygen atoms in total. The molecule has 1 N–H and O–H groups in total. The van der Waals surface area contributed by atoms with Crippen molar-refractivity contribution in [2.45, 2.75) is 31.4 Å². The third-order valence-electron chi connectivity index (χ3n) is 4.80. The van der Waals surface area contributed by atoms with Gasteiger partial charge in [-0.05, 0) is 25.0 Å². The molecule has 0 radical (unpaired) electrons. The van der Waals surface area contributed by atoms with Gasteiger partial charge in [0.15, 0.2) is 0 Å². The second kappa shape index (κ2) is 7.29. The molecule has 0 aliphatic carbocycles. The number of benzene rings is 1. The minimum absolute atomic E-state index is 0.0927. The molecule has 1 aliphatic heterocycles. The molecule has 1 aliphatic rings. The maximum absolute atomic E-state index is 12.5. The van der Waals surface area contributed by atoms with Crippen LogP contribution in [0.4, 0.5) is 11.4 Å². The lowest BCUT2D eigenvalue weighted by molar-refractivity contribution is -0.384. The Labute approximate surface area is 144 Å². The van der Waals surface area contributed by atoms with Crippen LogP contribution in [0, 0.1) is 10.1 Å². The Morgan fingerprint density at radius 2 is 2.08 bits per heavy atom. The van der Waals surface area contributed by atoms with E-state index in [2.05, 4.69) is 5.32 Å². The molecule has 0 saturated carbocycles. The molecule has 1 aromatic carbocycles. The third kappa shape index (κ3) is 3.28. The summed E-state index contributed by atoms with van der Waals surface area (Å²) >= 11 is 0. The van der Waals surface area contributed by atoms with E-state index in [1.165, 1.54) is 13.1 Å². The lowest BCUT2D eigenvalue weighted by Crippen LogP contribution is -2.53. The average Bonchev–Trinajstić information content (AvgIpc) is 2.61. The molecule has 24 heavy (non-hydrogen) atoms. The average molecular weight is 353 g/mol. The highest BCUT2D eigenvalue weighted by Gasteiger charge is 2.40. The Kier molecular flexibility index (Phi) is 5.58. The van der Waals surface area contributed by atoms with Crippen molar-refractivity contribution in [2.75, 3.05) is 30.8 Å². The predicted octanol–water partition coefficient (Wildman–Crippen LogP) is 2.08. The van der Waals surface area contributed by atoms with Gasteiger partial charge >= 0.3 is 0 Å². The number of anilines is 1. The minimum atomic E-state index is -0.937. The molecular formula is C16H23N3O4S. The smallest absolute Gasteiger partial charge is 0.293 e. The Morgan fingerprint density at radius 1 is 1.42 bits per heavy atom. The molecular weight excluding hydrogens is 330 g/mol. The van der Waals surface area contributed by atoms with Crippen LogP contribution in [0.5, 0.6) is 0 Å². The van der Waals surface area contributed by atoms with E-state index in [1.54, 1.807) is 12.1 Å². The van der Waals surface area contributed by atoms with Crippen molar-refractivity contribution >= 4 is 28.1 Å². The molecule has 2 rings (SSSR count). The molecule has 1 heterocycles. The predicted molar refractivity (Wildman–Crippen MR) is 95.0 cm³/mol. The number of rotatable bonds is 5. The summed E-state index contributed by atoms with van der Waals surface area (Å²) in [5.41, 5.74) is 0.645. The number of nitro groups is 1. The fourth-order valence-electron chi connectivity index (χ4n) is 3.13. The summed E-state index contributed by atoms with van der Waals surface area (Å²) in [5, 5.41) is 13.9. The van der Waals surface area contributed by atoms with Gasteiger partial charge in [-0.25, -0.2) is 0 Å². The van der Waals surface area contributed by atoms with Crippen LogP contribution in [0.25, 0.3) is 0 Å². The lowest BCUT2D eigenvalue weighted by atomic mass is 10.0. The number of nitrogens with one attached hydrogen (secondary N) is 1. The molecule has 132 valence electrons. The highest BCUT2D eigenvalue weighted by Crippen LogP contribution is 2.35. The Morgan fingerprint density at radius 3 is 2.62 bits per heavy atom. The van der Waals surface area contributed by atoms with Gasteiger partial charge in [-0.2, -0.15) is 0 Å². The van der Waals surface area contributed by atoms with Crippen molar-refractivity contribution in [2.24, 2.45) is 0 Å². The molecule has 1 fully saturated rings. The maximum Gasteiger partial charge on any atom is 0.293 e. The quantitative estimate of drug-likeness (QED) is 0.646. The number of nitrogens with zero attached hydrogens (tertiary/aromatic N) is 2. The van der Waals surface area contributed by atoms with Crippen molar-refractivity contribution in [3.8, 4) is 0 Å². The van der Waals surface area contributed by atoms with Gasteiger partial charge in [0, 0.05) is 48.3 Å².